The molecule has 0 amide bonds. The summed E-state index contributed by atoms with van der Waals surface area (Å²) < 4.78 is 5.04. The first-order chi connectivity index (χ1) is 26.3. The molecule has 3 heteroatoms. The van der Waals surface area contributed by atoms with Crippen LogP contribution in [0.1, 0.15) is 0 Å². The van der Waals surface area contributed by atoms with Crippen molar-refractivity contribution < 1.29 is 0 Å². The van der Waals surface area contributed by atoms with E-state index in [1.165, 1.54) is 70.3 Å². The van der Waals surface area contributed by atoms with E-state index in [4.69, 9.17) is 0 Å². The Morgan fingerprint density at radius 3 is 1.49 bits per heavy atom. The van der Waals surface area contributed by atoms with Gasteiger partial charge in [0.05, 0.1) is 21.4 Å². The molecule has 0 saturated carbocycles. The average molecular weight is 695 g/mol. The van der Waals surface area contributed by atoms with Crippen molar-refractivity contribution in [3.05, 3.63) is 206 Å². The van der Waals surface area contributed by atoms with E-state index in [-0.39, 0.29) is 0 Å². The summed E-state index contributed by atoms with van der Waals surface area (Å²) in [5.41, 5.74) is 14.3. The van der Waals surface area contributed by atoms with Gasteiger partial charge in [-0.15, -0.1) is 11.3 Å². The fourth-order valence-electron chi connectivity index (χ4n) is 7.74. The maximum Gasteiger partial charge on any atom is 0.0727 e. The van der Waals surface area contributed by atoms with E-state index in [1.54, 1.807) is 0 Å². The molecule has 0 aliphatic heterocycles. The van der Waals surface area contributed by atoms with Gasteiger partial charge < -0.3 is 9.47 Å². The Bertz CT molecular complexity index is 2770. The molecular formula is C50H34N2S. The summed E-state index contributed by atoms with van der Waals surface area (Å²) in [5.74, 6) is 0. The third-order valence-electron chi connectivity index (χ3n) is 10.2. The monoisotopic (exact) mass is 694 g/mol. The van der Waals surface area contributed by atoms with E-state index in [9.17, 15) is 0 Å². The van der Waals surface area contributed by atoms with Crippen LogP contribution in [-0.2, 0) is 0 Å². The van der Waals surface area contributed by atoms with Crippen molar-refractivity contribution in [2.75, 3.05) is 4.90 Å². The van der Waals surface area contributed by atoms with Crippen LogP contribution in [0.2, 0.25) is 0 Å². The number of benzene rings is 8. The van der Waals surface area contributed by atoms with E-state index < -0.39 is 0 Å². The van der Waals surface area contributed by atoms with Crippen LogP contribution in [0.5, 0.6) is 0 Å². The molecule has 10 rings (SSSR count). The SMILES string of the molecule is c1ccc(-c2ccc(N(c3ccc(-c4ccccc4)cc3)c3ccccc3-c3cccc4c3sc3c5ccccc5n(-c5ccccc5)c43)cc2)cc1. The molecule has 0 N–H and O–H groups in total. The molecule has 0 radical (unpaired) electrons. The van der Waals surface area contributed by atoms with Gasteiger partial charge in [-0.3, -0.25) is 0 Å². The van der Waals surface area contributed by atoms with Crippen LogP contribution in [0, 0.1) is 0 Å². The van der Waals surface area contributed by atoms with Crippen molar-refractivity contribution in [3.63, 3.8) is 0 Å². The van der Waals surface area contributed by atoms with Crippen LogP contribution >= 0.6 is 11.3 Å². The van der Waals surface area contributed by atoms with E-state index >= 15 is 0 Å². The Morgan fingerprint density at radius 2 is 0.849 bits per heavy atom. The Labute approximate surface area is 313 Å². The highest BCUT2D eigenvalue weighted by Crippen LogP contribution is 2.48. The Hall–Kier alpha value is -6.68. The predicted octanol–water partition coefficient (Wildman–Crippen LogP) is 14.5. The molecule has 0 saturated heterocycles. The fourth-order valence-corrected chi connectivity index (χ4v) is 9.09. The predicted molar refractivity (Wildman–Crippen MR) is 227 cm³/mol. The van der Waals surface area contributed by atoms with Gasteiger partial charge in [0.2, 0.25) is 0 Å². The number of rotatable bonds is 7. The van der Waals surface area contributed by atoms with Gasteiger partial charge in [0.15, 0.2) is 0 Å². The largest absolute Gasteiger partial charge is 0.310 e. The number of hydrogen-bond donors (Lipinski definition) is 0. The third kappa shape index (κ3) is 5.42. The lowest BCUT2D eigenvalue weighted by Gasteiger charge is -2.28. The van der Waals surface area contributed by atoms with E-state index in [2.05, 4.69) is 216 Å². The second-order valence-electron chi connectivity index (χ2n) is 13.3. The van der Waals surface area contributed by atoms with Gasteiger partial charge in [0, 0.05) is 43.7 Å². The number of aromatic nitrogens is 1. The fraction of sp³-hybridized carbons (Fsp3) is 0. The van der Waals surface area contributed by atoms with E-state index in [0.29, 0.717) is 0 Å². The van der Waals surface area contributed by atoms with Crippen LogP contribution in [0.25, 0.3) is 70.3 Å². The highest BCUT2D eigenvalue weighted by Gasteiger charge is 2.22. The molecule has 0 aliphatic carbocycles. The molecule has 0 unspecified atom stereocenters. The standard InChI is InChI=1S/C50H34N2S/c1-4-15-35(16-5-1)37-27-31-40(32-28-37)51(41-33-29-38(30-34-41)36-17-6-2-7-18-36)46-25-12-10-21-42(46)43-23-14-24-45-48-50(53-49(43)45)44-22-11-13-26-47(44)52(48)39-19-8-3-9-20-39/h1-34H. The number of fused-ring (bicyclic) bond motifs is 5. The van der Waals surface area contributed by atoms with Gasteiger partial charge >= 0.3 is 0 Å². The first kappa shape index (κ1) is 31.1. The number of para-hydroxylation sites is 3. The summed E-state index contributed by atoms with van der Waals surface area (Å²) in [6.45, 7) is 0. The van der Waals surface area contributed by atoms with Gasteiger partial charge in [-0.2, -0.15) is 0 Å². The highest BCUT2D eigenvalue weighted by atomic mass is 32.1. The van der Waals surface area contributed by atoms with Crippen LogP contribution in [0.4, 0.5) is 17.1 Å². The Balaban J connectivity index is 1.17. The van der Waals surface area contributed by atoms with Crippen molar-refractivity contribution in [3.8, 4) is 39.1 Å². The minimum absolute atomic E-state index is 1.11. The minimum Gasteiger partial charge on any atom is -0.310 e. The molecule has 0 aliphatic rings. The minimum atomic E-state index is 1.11. The smallest absolute Gasteiger partial charge is 0.0727 e. The molecule has 10 aromatic rings. The van der Waals surface area contributed by atoms with Crippen molar-refractivity contribution in [2.45, 2.75) is 0 Å². The van der Waals surface area contributed by atoms with Crippen LogP contribution < -0.4 is 4.90 Å². The number of hydrogen-bond acceptors (Lipinski definition) is 2. The molecule has 0 fully saturated rings. The normalized spacial score (nSPS) is 11.4. The second-order valence-corrected chi connectivity index (χ2v) is 14.3. The summed E-state index contributed by atoms with van der Waals surface area (Å²) in [6.07, 6.45) is 0. The van der Waals surface area contributed by atoms with Crippen molar-refractivity contribution in [2.24, 2.45) is 0 Å². The topological polar surface area (TPSA) is 8.17 Å². The van der Waals surface area contributed by atoms with Crippen molar-refractivity contribution in [1.82, 2.24) is 4.57 Å². The second kappa shape index (κ2) is 13.1. The Kier molecular flexibility index (Phi) is 7.71. The summed E-state index contributed by atoms with van der Waals surface area (Å²) >= 11 is 1.90. The van der Waals surface area contributed by atoms with Gasteiger partial charge in [0.1, 0.15) is 0 Å². The molecule has 0 spiro atoms. The number of thiophene rings is 1. The molecule has 250 valence electrons. The average Bonchev–Trinajstić information content (AvgIpc) is 3.78. The lowest BCUT2D eigenvalue weighted by molar-refractivity contribution is 1.19. The van der Waals surface area contributed by atoms with Gasteiger partial charge in [-0.05, 0) is 70.8 Å². The summed E-state index contributed by atoms with van der Waals surface area (Å²) in [5, 5.41) is 2.55. The lowest BCUT2D eigenvalue weighted by Crippen LogP contribution is -2.11. The van der Waals surface area contributed by atoms with Gasteiger partial charge in [-0.1, -0.05) is 158 Å². The molecule has 53 heavy (non-hydrogen) atoms. The first-order valence-electron chi connectivity index (χ1n) is 18.0. The van der Waals surface area contributed by atoms with Crippen LogP contribution in [0.3, 0.4) is 0 Å². The summed E-state index contributed by atoms with van der Waals surface area (Å²) in [6, 6.07) is 74.3. The molecule has 8 aromatic carbocycles. The maximum atomic E-state index is 2.44. The summed E-state index contributed by atoms with van der Waals surface area (Å²) in [7, 11) is 0. The van der Waals surface area contributed by atoms with Crippen LogP contribution in [0.15, 0.2) is 206 Å². The lowest BCUT2D eigenvalue weighted by atomic mass is 9.99. The number of anilines is 3. The van der Waals surface area contributed by atoms with Crippen molar-refractivity contribution >= 4 is 59.6 Å². The summed E-state index contributed by atoms with van der Waals surface area (Å²) in [4.78, 5) is 2.41. The zero-order valence-electron chi connectivity index (χ0n) is 28.9. The Morgan fingerprint density at radius 1 is 0.358 bits per heavy atom. The van der Waals surface area contributed by atoms with Crippen LogP contribution in [-0.4, -0.2) is 4.57 Å². The molecule has 0 bridgehead atoms. The highest BCUT2D eigenvalue weighted by molar-refractivity contribution is 7.27. The molecule has 0 atom stereocenters. The van der Waals surface area contributed by atoms with Gasteiger partial charge in [0.25, 0.3) is 0 Å². The molecule has 2 nitrogen and oxygen atoms in total. The molecule has 2 aromatic heterocycles. The zero-order chi connectivity index (χ0) is 35.1. The molecule has 2 heterocycles. The van der Waals surface area contributed by atoms with Crippen molar-refractivity contribution in [1.29, 1.82) is 0 Å². The third-order valence-corrected chi connectivity index (χ3v) is 11.5. The van der Waals surface area contributed by atoms with E-state index in [0.717, 1.165) is 17.1 Å². The maximum absolute atomic E-state index is 2.44. The molecular weight excluding hydrogens is 661 g/mol. The zero-order valence-corrected chi connectivity index (χ0v) is 29.7. The van der Waals surface area contributed by atoms with E-state index in [1.807, 2.05) is 11.3 Å². The quantitative estimate of drug-likeness (QED) is 0.161. The number of nitrogens with zero attached hydrogens (tertiary/aromatic N) is 2. The van der Waals surface area contributed by atoms with Gasteiger partial charge in [-0.25, -0.2) is 0 Å². The first-order valence-corrected chi connectivity index (χ1v) is 18.8.